The first-order chi connectivity index (χ1) is 6.84. The predicted octanol–water partition coefficient (Wildman–Crippen LogP) is 2.18. The SMILES string of the molecule is O=C1C=C/C(=C\c2ccccc2)CO1. The summed E-state index contributed by atoms with van der Waals surface area (Å²) in [7, 11) is 0. The minimum absolute atomic E-state index is 0.268. The lowest BCUT2D eigenvalue weighted by atomic mass is 10.1. The molecule has 0 atom stereocenters. The van der Waals surface area contributed by atoms with Gasteiger partial charge >= 0.3 is 5.97 Å². The molecule has 0 unspecified atom stereocenters. The summed E-state index contributed by atoms with van der Waals surface area (Å²) >= 11 is 0. The zero-order valence-corrected chi connectivity index (χ0v) is 7.64. The maximum Gasteiger partial charge on any atom is 0.331 e. The Bertz CT molecular complexity index is 388. The summed E-state index contributed by atoms with van der Waals surface area (Å²) < 4.78 is 4.87. The van der Waals surface area contributed by atoms with Crippen LogP contribution in [0, 0.1) is 0 Å². The van der Waals surface area contributed by atoms with Crippen molar-refractivity contribution in [2.24, 2.45) is 0 Å². The third-order valence-electron chi connectivity index (χ3n) is 1.97. The number of esters is 1. The molecular formula is C12H10O2. The summed E-state index contributed by atoms with van der Waals surface area (Å²) in [6.07, 6.45) is 5.24. The van der Waals surface area contributed by atoms with Crippen LogP contribution in [0.1, 0.15) is 5.56 Å². The van der Waals surface area contributed by atoms with Gasteiger partial charge in [0.15, 0.2) is 0 Å². The van der Waals surface area contributed by atoms with Crippen LogP contribution in [-0.4, -0.2) is 12.6 Å². The molecule has 1 aliphatic rings. The predicted molar refractivity (Wildman–Crippen MR) is 54.5 cm³/mol. The zero-order valence-electron chi connectivity index (χ0n) is 7.64. The minimum Gasteiger partial charge on any atom is -0.458 e. The van der Waals surface area contributed by atoms with Crippen molar-refractivity contribution in [3.8, 4) is 0 Å². The first-order valence-corrected chi connectivity index (χ1v) is 4.45. The fraction of sp³-hybridized carbons (Fsp3) is 0.0833. The van der Waals surface area contributed by atoms with Gasteiger partial charge in [-0.15, -0.1) is 0 Å². The molecule has 0 radical (unpaired) electrons. The summed E-state index contributed by atoms with van der Waals surface area (Å²) in [4.78, 5) is 10.7. The third-order valence-corrected chi connectivity index (χ3v) is 1.97. The highest BCUT2D eigenvalue weighted by atomic mass is 16.5. The Hall–Kier alpha value is -1.83. The first kappa shape index (κ1) is 8.75. The molecule has 2 nitrogen and oxygen atoms in total. The average Bonchev–Trinajstić information content (AvgIpc) is 2.23. The van der Waals surface area contributed by atoms with Crippen molar-refractivity contribution in [3.63, 3.8) is 0 Å². The largest absolute Gasteiger partial charge is 0.458 e. The van der Waals surface area contributed by atoms with E-state index in [4.69, 9.17) is 4.74 Å². The van der Waals surface area contributed by atoms with Gasteiger partial charge in [0.25, 0.3) is 0 Å². The highest BCUT2D eigenvalue weighted by molar-refractivity contribution is 5.84. The van der Waals surface area contributed by atoms with Crippen LogP contribution in [0.5, 0.6) is 0 Å². The fourth-order valence-corrected chi connectivity index (χ4v) is 1.28. The Morgan fingerprint density at radius 1 is 1.14 bits per heavy atom. The quantitative estimate of drug-likeness (QED) is 0.628. The Morgan fingerprint density at radius 2 is 1.93 bits per heavy atom. The number of rotatable bonds is 1. The Kier molecular flexibility index (Phi) is 2.45. The van der Waals surface area contributed by atoms with E-state index in [-0.39, 0.29) is 5.97 Å². The molecule has 1 aromatic rings. The monoisotopic (exact) mass is 186 g/mol. The van der Waals surface area contributed by atoms with Gasteiger partial charge in [0.1, 0.15) is 6.61 Å². The molecular weight excluding hydrogens is 176 g/mol. The molecule has 1 heterocycles. The number of carbonyl (C=O) groups excluding carboxylic acids is 1. The van der Waals surface area contributed by atoms with E-state index < -0.39 is 0 Å². The van der Waals surface area contributed by atoms with Gasteiger partial charge in [0, 0.05) is 6.08 Å². The standard InChI is InChI=1S/C12H10O2/c13-12-7-6-11(9-14-12)8-10-4-2-1-3-5-10/h1-8H,9H2/b11-8+. The van der Waals surface area contributed by atoms with Crippen LogP contribution in [0.3, 0.4) is 0 Å². The second kappa shape index (κ2) is 3.92. The zero-order chi connectivity index (χ0) is 9.80. The van der Waals surface area contributed by atoms with Crippen molar-refractivity contribution in [2.75, 3.05) is 6.61 Å². The number of cyclic esters (lactones) is 1. The van der Waals surface area contributed by atoms with Gasteiger partial charge in [-0.3, -0.25) is 0 Å². The van der Waals surface area contributed by atoms with Crippen LogP contribution >= 0.6 is 0 Å². The molecule has 0 aliphatic carbocycles. The molecule has 0 fully saturated rings. The molecule has 0 amide bonds. The third kappa shape index (κ3) is 2.10. The molecule has 0 spiro atoms. The van der Waals surface area contributed by atoms with Gasteiger partial charge in [0.2, 0.25) is 0 Å². The van der Waals surface area contributed by atoms with E-state index in [0.29, 0.717) is 6.61 Å². The molecule has 2 rings (SSSR count). The molecule has 0 aromatic heterocycles. The second-order valence-corrected chi connectivity index (χ2v) is 3.07. The average molecular weight is 186 g/mol. The lowest BCUT2D eigenvalue weighted by Gasteiger charge is -2.08. The lowest BCUT2D eigenvalue weighted by Crippen LogP contribution is -2.08. The maximum absolute atomic E-state index is 10.7. The van der Waals surface area contributed by atoms with Crippen molar-refractivity contribution in [1.29, 1.82) is 0 Å². The molecule has 0 saturated heterocycles. The van der Waals surface area contributed by atoms with E-state index in [0.717, 1.165) is 11.1 Å². The molecule has 1 aliphatic heterocycles. The molecule has 70 valence electrons. The second-order valence-electron chi connectivity index (χ2n) is 3.07. The fourth-order valence-electron chi connectivity index (χ4n) is 1.28. The van der Waals surface area contributed by atoms with Crippen LogP contribution in [0.2, 0.25) is 0 Å². The van der Waals surface area contributed by atoms with Gasteiger partial charge < -0.3 is 4.74 Å². The van der Waals surface area contributed by atoms with E-state index >= 15 is 0 Å². The number of hydrogen-bond donors (Lipinski definition) is 0. The summed E-state index contributed by atoms with van der Waals surface area (Å²) in [5.74, 6) is -0.268. The Labute approximate surface area is 82.5 Å². The van der Waals surface area contributed by atoms with E-state index in [2.05, 4.69) is 0 Å². The minimum atomic E-state index is -0.268. The summed E-state index contributed by atoms with van der Waals surface area (Å²) in [6, 6.07) is 9.95. The van der Waals surface area contributed by atoms with E-state index in [1.54, 1.807) is 6.08 Å². The van der Waals surface area contributed by atoms with Crippen LogP contribution in [-0.2, 0) is 9.53 Å². The van der Waals surface area contributed by atoms with Crippen molar-refractivity contribution in [3.05, 3.63) is 53.6 Å². The van der Waals surface area contributed by atoms with Crippen LogP contribution in [0.15, 0.2) is 48.1 Å². The van der Waals surface area contributed by atoms with Crippen molar-refractivity contribution >= 4 is 12.0 Å². The summed E-state index contributed by atoms with van der Waals surface area (Å²) in [5, 5.41) is 0. The number of carbonyl (C=O) groups is 1. The van der Waals surface area contributed by atoms with E-state index in [9.17, 15) is 4.79 Å². The van der Waals surface area contributed by atoms with Crippen LogP contribution in [0.25, 0.3) is 6.08 Å². The van der Waals surface area contributed by atoms with Gasteiger partial charge in [-0.05, 0) is 23.3 Å². The summed E-state index contributed by atoms with van der Waals surface area (Å²) in [6.45, 7) is 0.365. The topological polar surface area (TPSA) is 26.3 Å². The highest BCUT2D eigenvalue weighted by Crippen LogP contribution is 2.11. The van der Waals surface area contributed by atoms with Crippen molar-refractivity contribution < 1.29 is 9.53 Å². The van der Waals surface area contributed by atoms with Gasteiger partial charge in [-0.2, -0.15) is 0 Å². The normalized spacial score (nSPS) is 18.3. The lowest BCUT2D eigenvalue weighted by molar-refractivity contribution is -0.137. The molecule has 1 aromatic carbocycles. The van der Waals surface area contributed by atoms with Crippen LogP contribution in [0.4, 0.5) is 0 Å². The Balaban J connectivity index is 2.20. The van der Waals surface area contributed by atoms with E-state index in [1.165, 1.54) is 6.08 Å². The number of hydrogen-bond acceptors (Lipinski definition) is 2. The Morgan fingerprint density at radius 3 is 2.57 bits per heavy atom. The number of benzene rings is 1. The molecule has 2 heteroatoms. The maximum atomic E-state index is 10.7. The molecule has 0 N–H and O–H groups in total. The van der Waals surface area contributed by atoms with E-state index in [1.807, 2.05) is 36.4 Å². The first-order valence-electron chi connectivity index (χ1n) is 4.45. The smallest absolute Gasteiger partial charge is 0.331 e. The molecule has 0 saturated carbocycles. The van der Waals surface area contributed by atoms with Gasteiger partial charge in [0.05, 0.1) is 0 Å². The highest BCUT2D eigenvalue weighted by Gasteiger charge is 2.05. The summed E-state index contributed by atoms with van der Waals surface area (Å²) in [5.41, 5.74) is 2.13. The number of ether oxygens (including phenoxy) is 1. The van der Waals surface area contributed by atoms with Crippen molar-refractivity contribution in [1.82, 2.24) is 0 Å². The van der Waals surface area contributed by atoms with Gasteiger partial charge in [-0.1, -0.05) is 30.3 Å². The molecule has 14 heavy (non-hydrogen) atoms. The van der Waals surface area contributed by atoms with Crippen LogP contribution < -0.4 is 0 Å². The molecule has 0 bridgehead atoms. The van der Waals surface area contributed by atoms with Crippen molar-refractivity contribution in [2.45, 2.75) is 0 Å². The van der Waals surface area contributed by atoms with Gasteiger partial charge in [-0.25, -0.2) is 4.79 Å².